The summed E-state index contributed by atoms with van der Waals surface area (Å²) in [7, 11) is 0. The van der Waals surface area contributed by atoms with Crippen molar-refractivity contribution in [3.63, 3.8) is 0 Å². The Bertz CT molecular complexity index is 463. The van der Waals surface area contributed by atoms with Gasteiger partial charge in [0.25, 0.3) is 0 Å². The van der Waals surface area contributed by atoms with E-state index < -0.39 is 31.1 Å². The molecular formula is C13H12F6OS. The van der Waals surface area contributed by atoms with Crippen LogP contribution < -0.4 is 0 Å². The summed E-state index contributed by atoms with van der Waals surface area (Å²) in [6.45, 7) is 0. The van der Waals surface area contributed by atoms with Crippen LogP contribution in [0.5, 0.6) is 0 Å². The Morgan fingerprint density at radius 2 is 1.67 bits per heavy atom. The predicted octanol–water partition coefficient (Wildman–Crippen LogP) is 4.88. The molecule has 0 heterocycles. The maximum atomic E-state index is 13.0. The second kappa shape index (κ2) is 7.20. The summed E-state index contributed by atoms with van der Waals surface area (Å²) >= 11 is 0.685. The summed E-state index contributed by atoms with van der Waals surface area (Å²) in [5.41, 5.74) is 0.354. The number of benzene rings is 1. The van der Waals surface area contributed by atoms with E-state index in [0.717, 1.165) is 0 Å². The third kappa shape index (κ3) is 4.66. The highest BCUT2D eigenvalue weighted by Crippen LogP contribution is 2.42. The SMILES string of the molecule is O=C(SCCCC(F)(F)C(F)(F)C(F)F)c1ccccc1. The molecule has 1 aromatic rings. The van der Waals surface area contributed by atoms with Crippen molar-refractivity contribution in [1.82, 2.24) is 0 Å². The molecule has 0 aliphatic rings. The normalized spacial score (nSPS) is 12.7. The molecule has 0 aliphatic carbocycles. The molecule has 0 N–H and O–H groups in total. The zero-order valence-electron chi connectivity index (χ0n) is 10.7. The number of hydrogen-bond donors (Lipinski definition) is 0. The molecule has 0 amide bonds. The van der Waals surface area contributed by atoms with Crippen molar-refractivity contribution in [3.8, 4) is 0 Å². The Hall–Kier alpha value is -1.18. The van der Waals surface area contributed by atoms with E-state index in [1.54, 1.807) is 18.2 Å². The van der Waals surface area contributed by atoms with Gasteiger partial charge in [0, 0.05) is 17.7 Å². The van der Waals surface area contributed by atoms with Crippen molar-refractivity contribution in [2.45, 2.75) is 31.1 Å². The van der Waals surface area contributed by atoms with Crippen molar-refractivity contribution in [2.24, 2.45) is 0 Å². The van der Waals surface area contributed by atoms with Gasteiger partial charge in [0.1, 0.15) is 0 Å². The van der Waals surface area contributed by atoms with Gasteiger partial charge in [0.2, 0.25) is 5.12 Å². The van der Waals surface area contributed by atoms with E-state index in [1.807, 2.05) is 0 Å². The standard InChI is InChI=1S/C13H12F6OS/c14-11(15)13(18,19)12(16,17)7-4-8-21-10(20)9-5-2-1-3-6-9/h1-3,5-6,11H,4,7-8H2. The van der Waals surface area contributed by atoms with Crippen LogP contribution >= 0.6 is 11.8 Å². The van der Waals surface area contributed by atoms with E-state index in [1.165, 1.54) is 12.1 Å². The van der Waals surface area contributed by atoms with Crippen LogP contribution in [0.15, 0.2) is 30.3 Å². The number of hydrogen-bond acceptors (Lipinski definition) is 2. The molecule has 0 aromatic heterocycles. The molecule has 21 heavy (non-hydrogen) atoms. The van der Waals surface area contributed by atoms with Crippen LogP contribution in [-0.2, 0) is 0 Å². The first-order valence-electron chi connectivity index (χ1n) is 5.94. The number of alkyl halides is 6. The number of rotatable bonds is 7. The third-order valence-corrected chi connectivity index (χ3v) is 3.63. The van der Waals surface area contributed by atoms with Crippen LogP contribution in [0.25, 0.3) is 0 Å². The molecule has 118 valence electrons. The molecule has 8 heteroatoms. The predicted molar refractivity (Wildman–Crippen MR) is 68.4 cm³/mol. The van der Waals surface area contributed by atoms with Gasteiger partial charge in [-0.25, -0.2) is 8.78 Å². The highest BCUT2D eigenvalue weighted by molar-refractivity contribution is 8.14. The second-order valence-electron chi connectivity index (χ2n) is 4.23. The molecule has 0 spiro atoms. The monoisotopic (exact) mass is 330 g/mol. The lowest BCUT2D eigenvalue weighted by Gasteiger charge is -2.25. The van der Waals surface area contributed by atoms with Crippen LogP contribution in [-0.4, -0.2) is 29.1 Å². The highest BCUT2D eigenvalue weighted by Gasteiger charge is 2.61. The van der Waals surface area contributed by atoms with Crippen LogP contribution in [0, 0.1) is 0 Å². The lowest BCUT2D eigenvalue weighted by atomic mass is 10.1. The molecule has 1 nitrogen and oxygen atoms in total. The molecule has 0 aliphatic heterocycles. The first-order valence-corrected chi connectivity index (χ1v) is 6.93. The van der Waals surface area contributed by atoms with Crippen LogP contribution in [0.3, 0.4) is 0 Å². The largest absolute Gasteiger partial charge is 0.369 e. The zero-order valence-corrected chi connectivity index (χ0v) is 11.5. The number of thioether (sulfide) groups is 1. The molecule has 0 radical (unpaired) electrons. The maximum Gasteiger partial charge on any atom is 0.369 e. The lowest BCUT2D eigenvalue weighted by molar-refractivity contribution is -0.265. The van der Waals surface area contributed by atoms with Gasteiger partial charge in [-0.1, -0.05) is 42.1 Å². The molecule has 0 saturated carbocycles. The molecule has 0 unspecified atom stereocenters. The van der Waals surface area contributed by atoms with Gasteiger partial charge in [-0.3, -0.25) is 4.79 Å². The Morgan fingerprint density at radius 1 is 1.10 bits per heavy atom. The zero-order chi connectivity index (χ0) is 16.1. The van der Waals surface area contributed by atoms with Gasteiger partial charge in [-0.15, -0.1) is 0 Å². The van der Waals surface area contributed by atoms with Gasteiger partial charge in [-0.2, -0.15) is 17.6 Å². The van der Waals surface area contributed by atoms with Crippen LogP contribution in [0.1, 0.15) is 23.2 Å². The van der Waals surface area contributed by atoms with E-state index in [0.29, 0.717) is 17.3 Å². The Morgan fingerprint density at radius 3 is 2.19 bits per heavy atom. The minimum atomic E-state index is -5.36. The van der Waals surface area contributed by atoms with Crippen molar-refractivity contribution in [2.75, 3.05) is 5.75 Å². The summed E-state index contributed by atoms with van der Waals surface area (Å²) in [4.78, 5) is 11.6. The molecule has 1 aromatic carbocycles. The van der Waals surface area contributed by atoms with Gasteiger partial charge in [0.15, 0.2) is 0 Å². The van der Waals surface area contributed by atoms with Gasteiger partial charge < -0.3 is 0 Å². The van der Waals surface area contributed by atoms with Crippen molar-refractivity contribution in [3.05, 3.63) is 35.9 Å². The van der Waals surface area contributed by atoms with Crippen molar-refractivity contribution < 1.29 is 31.1 Å². The minimum absolute atomic E-state index is 0.150. The van der Waals surface area contributed by atoms with Crippen LogP contribution in [0.2, 0.25) is 0 Å². The molecular weight excluding hydrogens is 318 g/mol. The summed E-state index contributed by atoms with van der Waals surface area (Å²) in [5.74, 6) is -10.3. The third-order valence-electron chi connectivity index (χ3n) is 2.64. The number of halogens is 6. The average Bonchev–Trinajstić information content (AvgIpc) is 2.44. The van der Waals surface area contributed by atoms with E-state index >= 15 is 0 Å². The van der Waals surface area contributed by atoms with E-state index in [4.69, 9.17) is 0 Å². The summed E-state index contributed by atoms with van der Waals surface area (Å²) < 4.78 is 74.9. The van der Waals surface area contributed by atoms with E-state index in [9.17, 15) is 31.1 Å². The summed E-state index contributed by atoms with van der Waals surface area (Å²) in [6, 6.07) is 7.97. The van der Waals surface area contributed by atoms with Crippen LogP contribution in [0.4, 0.5) is 26.3 Å². The quantitative estimate of drug-likeness (QED) is 0.524. The van der Waals surface area contributed by atoms with Crippen molar-refractivity contribution >= 4 is 16.9 Å². The summed E-state index contributed by atoms with van der Waals surface area (Å²) in [5, 5.41) is -0.389. The number of carbonyl (C=O) groups is 1. The van der Waals surface area contributed by atoms with Crippen molar-refractivity contribution in [1.29, 1.82) is 0 Å². The summed E-state index contributed by atoms with van der Waals surface area (Å²) in [6.07, 6.45) is -6.30. The molecule has 0 bridgehead atoms. The highest BCUT2D eigenvalue weighted by atomic mass is 32.2. The van der Waals surface area contributed by atoms with Gasteiger partial charge in [0.05, 0.1) is 0 Å². The second-order valence-corrected chi connectivity index (χ2v) is 5.30. The fourth-order valence-corrected chi connectivity index (χ4v) is 2.22. The smallest absolute Gasteiger partial charge is 0.282 e. The Balaban J connectivity index is 2.42. The molecule has 0 saturated heterocycles. The Labute approximate surface area is 121 Å². The first kappa shape index (κ1) is 17.9. The fourth-order valence-electron chi connectivity index (χ4n) is 1.44. The molecule has 0 fully saturated rings. The Kier molecular flexibility index (Phi) is 6.12. The maximum absolute atomic E-state index is 13.0. The molecule has 0 atom stereocenters. The number of carbonyl (C=O) groups excluding carboxylic acids is 1. The lowest BCUT2D eigenvalue weighted by Crippen LogP contribution is -2.46. The average molecular weight is 330 g/mol. The van der Waals surface area contributed by atoms with E-state index in [-0.39, 0.29) is 10.9 Å². The molecule has 1 rings (SSSR count). The van der Waals surface area contributed by atoms with Gasteiger partial charge in [-0.05, 0) is 6.42 Å². The first-order chi connectivity index (χ1) is 9.68. The van der Waals surface area contributed by atoms with Gasteiger partial charge >= 0.3 is 18.3 Å². The minimum Gasteiger partial charge on any atom is -0.282 e. The topological polar surface area (TPSA) is 17.1 Å². The van der Waals surface area contributed by atoms with E-state index in [2.05, 4.69) is 0 Å². The fraction of sp³-hybridized carbons (Fsp3) is 0.462.